The van der Waals surface area contributed by atoms with Crippen LogP contribution in [0.15, 0.2) is 24.3 Å². The highest BCUT2D eigenvalue weighted by atomic mass is 16.5. The van der Waals surface area contributed by atoms with Crippen LogP contribution >= 0.6 is 0 Å². The zero-order valence-corrected chi connectivity index (χ0v) is 11.6. The Hall–Kier alpha value is -1.06. The summed E-state index contributed by atoms with van der Waals surface area (Å²) in [7, 11) is 4.11. The summed E-state index contributed by atoms with van der Waals surface area (Å²) in [4.78, 5) is 2.12. The van der Waals surface area contributed by atoms with Gasteiger partial charge < -0.3 is 15.0 Å². The first-order chi connectivity index (χ1) is 8.65. The zero-order chi connectivity index (χ0) is 13.0. The Morgan fingerprint density at radius 2 is 2.00 bits per heavy atom. The Morgan fingerprint density at radius 3 is 2.56 bits per heavy atom. The summed E-state index contributed by atoms with van der Waals surface area (Å²) in [5.41, 5.74) is 1.37. The van der Waals surface area contributed by atoms with Crippen molar-refractivity contribution in [2.24, 2.45) is 5.92 Å². The summed E-state index contributed by atoms with van der Waals surface area (Å²) >= 11 is 0. The molecule has 2 rings (SSSR count). The molecule has 1 heterocycles. The maximum absolute atomic E-state index is 5.69. The van der Waals surface area contributed by atoms with E-state index in [4.69, 9.17) is 4.74 Å². The molecule has 100 valence electrons. The third-order valence-corrected chi connectivity index (χ3v) is 3.44. The SMILES string of the molecule is CC1CNC(c2ccc(OCCN(C)C)cc2)C1. The highest BCUT2D eigenvalue weighted by Crippen LogP contribution is 2.27. The van der Waals surface area contributed by atoms with E-state index in [2.05, 4.69) is 55.5 Å². The first-order valence-corrected chi connectivity index (χ1v) is 6.76. The van der Waals surface area contributed by atoms with Crippen molar-refractivity contribution in [3.05, 3.63) is 29.8 Å². The van der Waals surface area contributed by atoms with Gasteiger partial charge >= 0.3 is 0 Å². The van der Waals surface area contributed by atoms with Gasteiger partial charge in [-0.1, -0.05) is 19.1 Å². The van der Waals surface area contributed by atoms with E-state index in [1.165, 1.54) is 12.0 Å². The third-order valence-electron chi connectivity index (χ3n) is 3.44. The normalized spacial score (nSPS) is 23.6. The molecule has 1 N–H and O–H groups in total. The number of benzene rings is 1. The van der Waals surface area contributed by atoms with Gasteiger partial charge in [0.05, 0.1) is 0 Å². The second-order valence-corrected chi connectivity index (χ2v) is 5.52. The molecule has 1 aliphatic rings. The van der Waals surface area contributed by atoms with Crippen molar-refractivity contribution in [1.82, 2.24) is 10.2 Å². The number of nitrogens with zero attached hydrogens (tertiary/aromatic N) is 1. The Kier molecular flexibility index (Phi) is 4.61. The molecule has 18 heavy (non-hydrogen) atoms. The molecule has 0 aliphatic carbocycles. The summed E-state index contributed by atoms with van der Waals surface area (Å²) < 4.78 is 5.69. The van der Waals surface area contributed by atoms with Gasteiger partial charge in [-0.2, -0.15) is 0 Å². The van der Waals surface area contributed by atoms with E-state index in [0.29, 0.717) is 6.04 Å². The summed E-state index contributed by atoms with van der Waals surface area (Å²) in [5.74, 6) is 1.75. The van der Waals surface area contributed by atoms with E-state index >= 15 is 0 Å². The summed E-state index contributed by atoms with van der Waals surface area (Å²) in [5, 5.41) is 3.55. The Morgan fingerprint density at radius 1 is 1.28 bits per heavy atom. The fraction of sp³-hybridized carbons (Fsp3) is 0.600. The maximum atomic E-state index is 5.69. The Labute approximate surface area is 110 Å². The first-order valence-electron chi connectivity index (χ1n) is 6.76. The number of hydrogen-bond acceptors (Lipinski definition) is 3. The molecule has 1 aromatic carbocycles. The predicted octanol–water partition coefficient (Wildman–Crippen LogP) is 2.30. The van der Waals surface area contributed by atoms with E-state index in [0.717, 1.165) is 31.4 Å². The van der Waals surface area contributed by atoms with Gasteiger partial charge in [0.15, 0.2) is 0 Å². The van der Waals surface area contributed by atoms with Crippen LogP contribution in [0.4, 0.5) is 0 Å². The molecular formula is C15H24N2O. The van der Waals surface area contributed by atoms with Gasteiger partial charge in [0.2, 0.25) is 0 Å². The van der Waals surface area contributed by atoms with Crippen molar-refractivity contribution in [2.75, 3.05) is 33.8 Å². The fourth-order valence-corrected chi connectivity index (χ4v) is 2.31. The van der Waals surface area contributed by atoms with E-state index in [1.54, 1.807) is 0 Å². The van der Waals surface area contributed by atoms with Crippen LogP contribution in [-0.4, -0.2) is 38.7 Å². The van der Waals surface area contributed by atoms with E-state index in [-0.39, 0.29) is 0 Å². The van der Waals surface area contributed by atoms with Crippen molar-refractivity contribution in [1.29, 1.82) is 0 Å². The number of ether oxygens (including phenoxy) is 1. The van der Waals surface area contributed by atoms with Crippen LogP contribution in [0.2, 0.25) is 0 Å². The van der Waals surface area contributed by atoms with Crippen LogP contribution in [0.25, 0.3) is 0 Å². The molecule has 1 aliphatic heterocycles. The molecule has 1 aromatic rings. The van der Waals surface area contributed by atoms with Crippen LogP contribution in [0.5, 0.6) is 5.75 Å². The van der Waals surface area contributed by atoms with Gasteiger partial charge in [-0.25, -0.2) is 0 Å². The number of likely N-dealkylation sites (N-methyl/N-ethyl adjacent to an activating group) is 1. The predicted molar refractivity (Wildman–Crippen MR) is 75.0 cm³/mol. The van der Waals surface area contributed by atoms with E-state index in [1.807, 2.05) is 0 Å². The fourth-order valence-electron chi connectivity index (χ4n) is 2.31. The van der Waals surface area contributed by atoms with Crippen molar-refractivity contribution in [2.45, 2.75) is 19.4 Å². The third kappa shape index (κ3) is 3.72. The van der Waals surface area contributed by atoms with Gasteiger partial charge in [-0.05, 0) is 50.7 Å². The smallest absolute Gasteiger partial charge is 0.119 e. The zero-order valence-electron chi connectivity index (χ0n) is 11.6. The van der Waals surface area contributed by atoms with Crippen molar-refractivity contribution in [3.8, 4) is 5.75 Å². The molecule has 0 radical (unpaired) electrons. The van der Waals surface area contributed by atoms with E-state index in [9.17, 15) is 0 Å². The average Bonchev–Trinajstić information content (AvgIpc) is 2.76. The summed E-state index contributed by atoms with van der Waals surface area (Å²) in [6, 6.07) is 9.04. The largest absolute Gasteiger partial charge is 0.492 e. The second kappa shape index (κ2) is 6.21. The lowest BCUT2D eigenvalue weighted by molar-refractivity contribution is 0.261. The number of hydrogen-bond donors (Lipinski definition) is 1. The minimum Gasteiger partial charge on any atom is -0.492 e. The van der Waals surface area contributed by atoms with Crippen molar-refractivity contribution < 1.29 is 4.74 Å². The highest BCUT2D eigenvalue weighted by molar-refractivity contribution is 5.29. The minimum absolute atomic E-state index is 0.524. The van der Waals surface area contributed by atoms with Gasteiger partial charge in [0, 0.05) is 12.6 Å². The lowest BCUT2D eigenvalue weighted by atomic mass is 10.0. The Balaban J connectivity index is 1.85. The van der Waals surface area contributed by atoms with Gasteiger partial charge in [-0.3, -0.25) is 0 Å². The molecule has 3 nitrogen and oxygen atoms in total. The lowest BCUT2D eigenvalue weighted by Gasteiger charge is -2.13. The van der Waals surface area contributed by atoms with Crippen LogP contribution in [0.3, 0.4) is 0 Å². The molecule has 1 saturated heterocycles. The summed E-state index contributed by atoms with van der Waals surface area (Å²) in [6.07, 6.45) is 1.24. The topological polar surface area (TPSA) is 24.5 Å². The lowest BCUT2D eigenvalue weighted by Crippen LogP contribution is -2.19. The molecule has 2 unspecified atom stereocenters. The molecule has 0 aromatic heterocycles. The average molecular weight is 248 g/mol. The molecule has 3 heteroatoms. The van der Waals surface area contributed by atoms with Crippen LogP contribution in [0, 0.1) is 5.92 Å². The van der Waals surface area contributed by atoms with Crippen molar-refractivity contribution in [3.63, 3.8) is 0 Å². The molecule has 1 fully saturated rings. The molecule has 2 atom stereocenters. The van der Waals surface area contributed by atoms with Gasteiger partial charge in [0.1, 0.15) is 12.4 Å². The second-order valence-electron chi connectivity index (χ2n) is 5.52. The minimum atomic E-state index is 0.524. The highest BCUT2D eigenvalue weighted by Gasteiger charge is 2.21. The van der Waals surface area contributed by atoms with Crippen molar-refractivity contribution >= 4 is 0 Å². The van der Waals surface area contributed by atoms with Crippen LogP contribution < -0.4 is 10.1 Å². The van der Waals surface area contributed by atoms with E-state index < -0.39 is 0 Å². The molecule has 0 spiro atoms. The molecule has 0 amide bonds. The Bertz CT molecular complexity index is 361. The van der Waals surface area contributed by atoms with Gasteiger partial charge in [0.25, 0.3) is 0 Å². The maximum Gasteiger partial charge on any atom is 0.119 e. The van der Waals surface area contributed by atoms with Crippen LogP contribution in [0.1, 0.15) is 24.9 Å². The molecular weight excluding hydrogens is 224 g/mol. The quantitative estimate of drug-likeness (QED) is 0.865. The number of nitrogens with one attached hydrogen (secondary N) is 1. The first kappa shape index (κ1) is 13.4. The molecule has 0 bridgehead atoms. The summed E-state index contributed by atoms with van der Waals surface area (Å²) in [6.45, 7) is 5.12. The number of rotatable bonds is 5. The van der Waals surface area contributed by atoms with Gasteiger partial charge in [-0.15, -0.1) is 0 Å². The standard InChI is InChI=1S/C15H24N2O/c1-12-10-15(16-11-12)13-4-6-14(7-5-13)18-9-8-17(2)3/h4-7,12,15-16H,8-11H2,1-3H3. The molecule has 0 saturated carbocycles. The monoisotopic (exact) mass is 248 g/mol. The van der Waals surface area contributed by atoms with Crippen LogP contribution in [-0.2, 0) is 0 Å².